The van der Waals surface area contributed by atoms with E-state index in [1.165, 1.54) is 13.0 Å². The molecule has 1 aromatic rings. The number of carbonyl (C=O) groups is 1. The molecule has 94 valence electrons. The second kappa shape index (κ2) is 5.44. The van der Waals surface area contributed by atoms with Gasteiger partial charge in [0.2, 0.25) is 0 Å². The SMILES string of the molecule is CC(Nc1cc(Br)c(F)cc1F)C(C)C(=O)O. The van der Waals surface area contributed by atoms with Crippen LogP contribution in [0.25, 0.3) is 0 Å². The van der Waals surface area contributed by atoms with E-state index in [1.807, 2.05) is 0 Å². The second-order valence-electron chi connectivity index (χ2n) is 3.81. The number of rotatable bonds is 4. The molecule has 2 unspecified atom stereocenters. The molecule has 0 aromatic heterocycles. The topological polar surface area (TPSA) is 49.3 Å². The van der Waals surface area contributed by atoms with Gasteiger partial charge in [0, 0.05) is 12.1 Å². The number of carboxylic acid groups (broad SMARTS) is 1. The lowest BCUT2D eigenvalue weighted by Gasteiger charge is -2.19. The quantitative estimate of drug-likeness (QED) is 0.840. The van der Waals surface area contributed by atoms with E-state index in [-0.39, 0.29) is 10.2 Å². The molecular formula is C11H12BrF2NO2. The maximum absolute atomic E-state index is 13.4. The maximum Gasteiger partial charge on any atom is 0.308 e. The lowest BCUT2D eigenvalue weighted by molar-refractivity contribution is -0.141. The molecule has 0 bridgehead atoms. The van der Waals surface area contributed by atoms with Crippen molar-refractivity contribution in [3.63, 3.8) is 0 Å². The third kappa shape index (κ3) is 3.39. The predicted molar refractivity (Wildman–Crippen MR) is 63.9 cm³/mol. The Morgan fingerprint density at radius 1 is 1.35 bits per heavy atom. The molecule has 0 radical (unpaired) electrons. The highest BCUT2D eigenvalue weighted by Crippen LogP contribution is 2.25. The number of anilines is 1. The van der Waals surface area contributed by atoms with E-state index in [0.29, 0.717) is 0 Å². The second-order valence-corrected chi connectivity index (χ2v) is 4.66. The average molecular weight is 308 g/mol. The third-order valence-corrected chi connectivity index (χ3v) is 3.14. The van der Waals surface area contributed by atoms with E-state index in [9.17, 15) is 13.6 Å². The van der Waals surface area contributed by atoms with Crippen LogP contribution in [0.2, 0.25) is 0 Å². The van der Waals surface area contributed by atoms with Gasteiger partial charge in [0.25, 0.3) is 0 Å². The first-order valence-electron chi connectivity index (χ1n) is 4.96. The van der Waals surface area contributed by atoms with Crippen LogP contribution < -0.4 is 5.32 Å². The number of aliphatic carboxylic acids is 1. The van der Waals surface area contributed by atoms with Crippen LogP contribution in [-0.4, -0.2) is 17.1 Å². The summed E-state index contributed by atoms with van der Waals surface area (Å²) in [5, 5.41) is 11.5. The summed E-state index contributed by atoms with van der Waals surface area (Å²) >= 11 is 2.94. The van der Waals surface area contributed by atoms with Gasteiger partial charge in [-0.25, -0.2) is 8.78 Å². The van der Waals surface area contributed by atoms with Gasteiger partial charge in [-0.1, -0.05) is 0 Å². The fourth-order valence-corrected chi connectivity index (χ4v) is 1.56. The minimum absolute atomic E-state index is 0.0684. The van der Waals surface area contributed by atoms with E-state index in [0.717, 1.165) is 6.07 Å². The van der Waals surface area contributed by atoms with Crippen LogP contribution in [0.5, 0.6) is 0 Å². The van der Waals surface area contributed by atoms with Crippen LogP contribution >= 0.6 is 15.9 Å². The van der Waals surface area contributed by atoms with Crippen LogP contribution in [0.1, 0.15) is 13.8 Å². The Bertz CT molecular complexity index is 440. The zero-order valence-corrected chi connectivity index (χ0v) is 10.9. The number of benzene rings is 1. The first-order chi connectivity index (χ1) is 7.82. The lowest BCUT2D eigenvalue weighted by atomic mass is 10.0. The monoisotopic (exact) mass is 307 g/mol. The summed E-state index contributed by atoms with van der Waals surface area (Å²) in [5.74, 6) is -3.12. The molecule has 3 nitrogen and oxygen atoms in total. The average Bonchev–Trinajstić information content (AvgIpc) is 2.24. The zero-order valence-electron chi connectivity index (χ0n) is 9.30. The Morgan fingerprint density at radius 2 is 1.94 bits per heavy atom. The highest BCUT2D eigenvalue weighted by atomic mass is 79.9. The molecule has 0 saturated heterocycles. The van der Waals surface area contributed by atoms with Crippen molar-refractivity contribution in [1.82, 2.24) is 0 Å². The van der Waals surface area contributed by atoms with Crippen molar-refractivity contribution in [2.45, 2.75) is 19.9 Å². The number of hydrogen-bond acceptors (Lipinski definition) is 2. The van der Waals surface area contributed by atoms with Gasteiger partial charge in [-0.05, 0) is 35.8 Å². The molecule has 1 aromatic carbocycles. The number of nitrogens with one attached hydrogen (secondary N) is 1. The van der Waals surface area contributed by atoms with Crippen molar-refractivity contribution in [3.05, 3.63) is 28.2 Å². The first kappa shape index (κ1) is 13.9. The summed E-state index contributed by atoms with van der Waals surface area (Å²) in [4.78, 5) is 10.7. The summed E-state index contributed by atoms with van der Waals surface area (Å²) in [5.41, 5.74) is 0.0684. The van der Waals surface area contributed by atoms with Gasteiger partial charge >= 0.3 is 5.97 Å². The summed E-state index contributed by atoms with van der Waals surface area (Å²) in [6, 6.07) is 1.51. The maximum atomic E-state index is 13.4. The van der Waals surface area contributed by atoms with E-state index in [2.05, 4.69) is 21.2 Å². The van der Waals surface area contributed by atoms with E-state index >= 15 is 0 Å². The summed E-state index contributed by atoms with van der Waals surface area (Å²) < 4.78 is 26.5. The van der Waals surface area contributed by atoms with Gasteiger partial charge < -0.3 is 10.4 Å². The zero-order chi connectivity index (χ0) is 13.2. The van der Waals surface area contributed by atoms with E-state index < -0.39 is 29.6 Å². The first-order valence-corrected chi connectivity index (χ1v) is 5.76. The molecule has 0 aliphatic rings. The standard InChI is InChI=1S/C11H12BrF2NO2/c1-5(11(16)17)6(2)15-10-3-7(12)8(13)4-9(10)14/h3-6,15H,1-2H3,(H,16,17). The van der Waals surface area contributed by atoms with Gasteiger partial charge in [0.1, 0.15) is 11.6 Å². The van der Waals surface area contributed by atoms with Crippen molar-refractivity contribution in [2.75, 3.05) is 5.32 Å². The van der Waals surface area contributed by atoms with Crippen LogP contribution in [0, 0.1) is 17.6 Å². The summed E-state index contributed by atoms with van der Waals surface area (Å²) in [7, 11) is 0. The van der Waals surface area contributed by atoms with Crippen molar-refractivity contribution in [1.29, 1.82) is 0 Å². The van der Waals surface area contributed by atoms with Gasteiger partial charge in [-0.2, -0.15) is 0 Å². The van der Waals surface area contributed by atoms with Crippen LogP contribution in [-0.2, 0) is 4.79 Å². The van der Waals surface area contributed by atoms with Gasteiger partial charge in [0.15, 0.2) is 0 Å². The molecule has 1 rings (SSSR count). The predicted octanol–water partition coefficient (Wildman–Crippen LogP) is 3.25. The molecule has 0 fully saturated rings. The van der Waals surface area contributed by atoms with Crippen molar-refractivity contribution < 1.29 is 18.7 Å². The molecule has 0 saturated carbocycles. The van der Waals surface area contributed by atoms with E-state index in [1.54, 1.807) is 6.92 Å². The van der Waals surface area contributed by atoms with Gasteiger partial charge in [-0.15, -0.1) is 0 Å². The minimum atomic E-state index is -0.980. The molecule has 2 atom stereocenters. The highest BCUT2D eigenvalue weighted by molar-refractivity contribution is 9.10. The highest BCUT2D eigenvalue weighted by Gasteiger charge is 2.20. The van der Waals surface area contributed by atoms with Crippen molar-refractivity contribution in [2.24, 2.45) is 5.92 Å². The number of carboxylic acids is 1. The number of hydrogen-bond donors (Lipinski definition) is 2. The Kier molecular flexibility index (Phi) is 4.45. The fourth-order valence-electron chi connectivity index (χ4n) is 1.22. The molecule has 0 spiro atoms. The fraction of sp³-hybridized carbons (Fsp3) is 0.364. The van der Waals surface area contributed by atoms with Crippen LogP contribution in [0.4, 0.5) is 14.5 Å². The Morgan fingerprint density at radius 3 is 2.47 bits per heavy atom. The molecule has 2 N–H and O–H groups in total. The van der Waals surface area contributed by atoms with Crippen molar-refractivity contribution >= 4 is 27.6 Å². The molecule has 0 aliphatic carbocycles. The summed E-state index contributed by atoms with van der Waals surface area (Å²) in [6.45, 7) is 3.13. The Labute approximate surface area is 106 Å². The van der Waals surface area contributed by atoms with Gasteiger partial charge in [0.05, 0.1) is 16.1 Å². The molecule has 0 amide bonds. The molecule has 0 heterocycles. The largest absolute Gasteiger partial charge is 0.481 e. The van der Waals surface area contributed by atoms with Gasteiger partial charge in [-0.3, -0.25) is 4.79 Å². The Balaban J connectivity index is 2.88. The van der Waals surface area contributed by atoms with Crippen molar-refractivity contribution in [3.8, 4) is 0 Å². The molecular weight excluding hydrogens is 296 g/mol. The van der Waals surface area contributed by atoms with E-state index in [4.69, 9.17) is 5.11 Å². The lowest BCUT2D eigenvalue weighted by Crippen LogP contribution is -2.30. The third-order valence-electron chi connectivity index (χ3n) is 2.53. The number of halogens is 3. The normalized spacial score (nSPS) is 14.2. The smallest absolute Gasteiger partial charge is 0.308 e. The minimum Gasteiger partial charge on any atom is -0.481 e. The van der Waals surface area contributed by atoms with Crippen LogP contribution in [0.3, 0.4) is 0 Å². The molecule has 6 heteroatoms. The van der Waals surface area contributed by atoms with Crippen LogP contribution in [0.15, 0.2) is 16.6 Å². The summed E-state index contributed by atoms with van der Waals surface area (Å²) in [6.07, 6.45) is 0. The molecule has 0 aliphatic heterocycles. The Hall–Kier alpha value is -1.17. The molecule has 17 heavy (non-hydrogen) atoms.